The largest absolute Gasteiger partial charge is 0.335 e. The molecule has 0 atom stereocenters. The Morgan fingerprint density at radius 2 is 1.74 bits per heavy atom. The van der Waals surface area contributed by atoms with Gasteiger partial charge < -0.3 is 9.84 Å². The zero-order chi connectivity index (χ0) is 17.1. The van der Waals surface area contributed by atoms with Gasteiger partial charge in [-0.3, -0.25) is 4.72 Å². The number of hydrogen-bond donors (Lipinski definition) is 2. The van der Waals surface area contributed by atoms with E-state index in [0.29, 0.717) is 12.1 Å². The highest BCUT2D eigenvalue weighted by Crippen LogP contribution is 2.28. The summed E-state index contributed by atoms with van der Waals surface area (Å²) < 4.78 is 9.15. The van der Waals surface area contributed by atoms with Crippen LogP contribution < -0.4 is 10.0 Å². The van der Waals surface area contributed by atoms with E-state index in [9.17, 15) is 0 Å². The minimum absolute atomic E-state index is 0.0719. The van der Waals surface area contributed by atoms with E-state index in [2.05, 4.69) is 61.7 Å². The lowest BCUT2D eigenvalue weighted by molar-refractivity contribution is 0.331. The van der Waals surface area contributed by atoms with Gasteiger partial charge in [0.1, 0.15) is 0 Å². The monoisotopic (exact) mass is 340 g/mol. The van der Waals surface area contributed by atoms with Gasteiger partial charge in [-0.2, -0.15) is 4.98 Å². The molecule has 1 aromatic heterocycles. The van der Waals surface area contributed by atoms with Gasteiger partial charge in [0.15, 0.2) is 5.82 Å². The summed E-state index contributed by atoms with van der Waals surface area (Å²) in [5, 5.41) is 7.48. The number of aromatic nitrogens is 2. The van der Waals surface area contributed by atoms with Crippen LogP contribution in [0.4, 0.5) is 6.01 Å². The summed E-state index contributed by atoms with van der Waals surface area (Å²) in [6, 6.07) is 1.02. The first-order chi connectivity index (χ1) is 10.6. The molecule has 6 heteroatoms. The molecule has 5 nitrogen and oxygen atoms in total. The number of rotatable bonds is 5. The van der Waals surface area contributed by atoms with Crippen LogP contribution in [0.25, 0.3) is 0 Å². The second-order valence-corrected chi connectivity index (χ2v) is 10.3. The zero-order valence-electron chi connectivity index (χ0n) is 15.4. The van der Waals surface area contributed by atoms with Crippen LogP contribution in [0, 0.1) is 5.92 Å². The SMILES string of the molecule is CC(C)(C)SNC[C@H]1CC[C@H](Nc2nc(C(C)(C)C)no2)CC1. The quantitative estimate of drug-likeness (QED) is 0.776. The van der Waals surface area contributed by atoms with Crippen molar-refractivity contribution in [3.63, 3.8) is 0 Å². The Bertz CT molecular complexity index is 482. The molecular weight excluding hydrogens is 308 g/mol. The van der Waals surface area contributed by atoms with E-state index < -0.39 is 0 Å². The smallest absolute Gasteiger partial charge is 0.321 e. The molecule has 0 aromatic carbocycles. The molecule has 1 aromatic rings. The molecule has 1 saturated carbocycles. The van der Waals surface area contributed by atoms with Gasteiger partial charge in [0.05, 0.1) is 0 Å². The van der Waals surface area contributed by atoms with Crippen molar-refractivity contribution < 1.29 is 4.52 Å². The van der Waals surface area contributed by atoms with Gasteiger partial charge in [0.25, 0.3) is 0 Å². The average molecular weight is 341 g/mol. The van der Waals surface area contributed by atoms with Gasteiger partial charge >= 0.3 is 6.01 Å². The van der Waals surface area contributed by atoms with E-state index in [-0.39, 0.29) is 10.2 Å². The molecule has 23 heavy (non-hydrogen) atoms. The summed E-state index contributed by atoms with van der Waals surface area (Å²) in [7, 11) is 0. The van der Waals surface area contributed by atoms with Gasteiger partial charge in [-0.1, -0.05) is 37.9 Å². The Balaban J connectivity index is 1.71. The number of nitrogens with zero attached hydrogens (tertiary/aromatic N) is 2. The van der Waals surface area contributed by atoms with Crippen molar-refractivity contribution in [1.29, 1.82) is 0 Å². The highest BCUT2D eigenvalue weighted by atomic mass is 32.2. The van der Waals surface area contributed by atoms with Crippen molar-refractivity contribution in [2.45, 2.75) is 83.4 Å². The van der Waals surface area contributed by atoms with Crippen LogP contribution in [0.15, 0.2) is 4.52 Å². The lowest BCUT2D eigenvalue weighted by Crippen LogP contribution is -2.30. The highest BCUT2D eigenvalue weighted by Gasteiger charge is 2.25. The summed E-state index contributed by atoms with van der Waals surface area (Å²) in [6.45, 7) is 14.1. The van der Waals surface area contributed by atoms with Crippen LogP contribution in [-0.4, -0.2) is 27.5 Å². The normalized spacial score (nSPS) is 23.0. The molecule has 132 valence electrons. The summed E-state index contributed by atoms with van der Waals surface area (Å²) in [4.78, 5) is 4.47. The topological polar surface area (TPSA) is 63.0 Å². The first-order valence-corrected chi connectivity index (χ1v) is 9.47. The van der Waals surface area contributed by atoms with E-state index in [0.717, 1.165) is 18.3 Å². The fourth-order valence-corrected chi connectivity index (χ4v) is 3.40. The summed E-state index contributed by atoms with van der Waals surface area (Å²) >= 11 is 1.84. The van der Waals surface area contributed by atoms with Crippen molar-refractivity contribution in [2.24, 2.45) is 5.92 Å². The Hall–Kier alpha value is -0.750. The molecule has 1 fully saturated rings. The third kappa shape index (κ3) is 6.34. The predicted molar refractivity (Wildman–Crippen MR) is 97.7 cm³/mol. The van der Waals surface area contributed by atoms with Gasteiger partial charge in [-0.05, 0) is 52.4 Å². The molecule has 2 rings (SSSR count). The molecule has 0 spiro atoms. The van der Waals surface area contributed by atoms with E-state index in [4.69, 9.17) is 4.52 Å². The first-order valence-electron chi connectivity index (χ1n) is 8.65. The van der Waals surface area contributed by atoms with Crippen molar-refractivity contribution in [3.8, 4) is 0 Å². The molecule has 0 unspecified atom stereocenters. The fourth-order valence-electron chi connectivity index (χ4n) is 2.65. The maximum atomic E-state index is 5.34. The van der Waals surface area contributed by atoms with Crippen molar-refractivity contribution in [1.82, 2.24) is 14.9 Å². The molecule has 0 saturated heterocycles. The average Bonchev–Trinajstić information content (AvgIpc) is 2.88. The van der Waals surface area contributed by atoms with Crippen LogP contribution in [0.1, 0.15) is 73.1 Å². The molecule has 1 heterocycles. The molecule has 0 bridgehead atoms. The minimum atomic E-state index is -0.0719. The molecule has 1 aliphatic carbocycles. The third-order valence-corrected chi connectivity index (χ3v) is 4.94. The summed E-state index contributed by atoms with van der Waals surface area (Å²) in [5.41, 5.74) is -0.0719. The summed E-state index contributed by atoms with van der Waals surface area (Å²) in [5.74, 6) is 1.54. The van der Waals surface area contributed by atoms with Crippen LogP contribution >= 0.6 is 11.9 Å². The minimum Gasteiger partial charge on any atom is -0.335 e. The lowest BCUT2D eigenvalue weighted by atomic mass is 9.86. The zero-order valence-corrected chi connectivity index (χ0v) is 16.2. The van der Waals surface area contributed by atoms with Gasteiger partial charge in [-0.25, -0.2) is 0 Å². The van der Waals surface area contributed by atoms with Crippen molar-refractivity contribution >= 4 is 18.0 Å². The third-order valence-electron chi connectivity index (χ3n) is 4.02. The number of nitrogens with one attached hydrogen (secondary N) is 2. The Morgan fingerprint density at radius 3 is 2.26 bits per heavy atom. The number of anilines is 1. The summed E-state index contributed by atoms with van der Waals surface area (Å²) in [6.07, 6.45) is 4.82. The van der Waals surface area contributed by atoms with E-state index in [1.54, 1.807) is 0 Å². The highest BCUT2D eigenvalue weighted by molar-refractivity contribution is 7.98. The van der Waals surface area contributed by atoms with Crippen molar-refractivity contribution in [2.75, 3.05) is 11.9 Å². The Labute approximate surface area is 144 Å². The van der Waals surface area contributed by atoms with Crippen LogP contribution in [0.2, 0.25) is 0 Å². The van der Waals surface area contributed by atoms with E-state index in [1.165, 1.54) is 25.7 Å². The van der Waals surface area contributed by atoms with Crippen molar-refractivity contribution in [3.05, 3.63) is 5.82 Å². The standard InChI is InChI=1S/C17H32N4OS/c1-16(2,3)14-20-15(22-21-14)19-13-9-7-12(8-10-13)11-18-23-17(4,5)6/h12-13,18H,7-11H2,1-6H3,(H,19,20,21)/t12-,13-. The second-order valence-electron chi connectivity index (χ2n) is 8.60. The molecule has 0 aliphatic heterocycles. The van der Waals surface area contributed by atoms with Crippen LogP contribution in [0.3, 0.4) is 0 Å². The van der Waals surface area contributed by atoms with Crippen LogP contribution in [0.5, 0.6) is 0 Å². The molecular formula is C17H32N4OS. The first kappa shape index (κ1) is 18.6. The van der Waals surface area contributed by atoms with Gasteiger partial charge in [0.2, 0.25) is 0 Å². The predicted octanol–water partition coefficient (Wildman–Crippen LogP) is 4.37. The lowest BCUT2D eigenvalue weighted by Gasteiger charge is -2.29. The maximum Gasteiger partial charge on any atom is 0.321 e. The molecule has 2 N–H and O–H groups in total. The Morgan fingerprint density at radius 1 is 1.09 bits per heavy atom. The molecule has 1 aliphatic rings. The Kier molecular flexibility index (Phi) is 6.00. The van der Waals surface area contributed by atoms with E-state index >= 15 is 0 Å². The fraction of sp³-hybridized carbons (Fsp3) is 0.882. The molecule has 0 amide bonds. The van der Waals surface area contributed by atoms with Crippen LogP contribution in [-0.2, 0) is 5.41 Å². The van der Waals surface area contributed by atoms with Gasteiger partial charge in [0, 0.05) is 22.7 Å². The molecule has 0 radical (unpaired) electrons. The number of hydrogen-bond acceptors (Lipinski definition) is 6. The van der Waals surface area contributed by atoms with E-state index in [1.807, 2.05) is 11.9 Å². The van der Waals surface area contributed by atoms with Gasteiger partial charge in [-0.15, -0.1) is 0 Å². The second kappa shape index (κ2) is 7.43. The maximum absolute atomic E-state index is 5.34.